The van der Waals surface area contributed by atoms with Gasteiger partial charge in [0.05, 0.1) is 0 Å². The first-order valence-corrected chi connectivity index (χ1v) is 6.57. The van der Waals surface area contributed by atoms with Crippen molar-refractivity contribution in [3.05, 3.63) is 82.2 Å². The SMILES string of the molecule is O=c1cc(-c2cccc(Cl)c2)cc(-c2ccccc2)o1. The van der Waals surface area contributed by atoms with Gasteiger partial charge in [0.2, 0.25) is 0 Å². The van der Waals surface area contributed by atoms with Crippen LogP contribution in [0.2, 0.25) is 5.02 Å². The largest absolute Gasteiger partial charge is 0.423 e. The molecule has 0 saturated heterocycles. The molecular formula is C17H11ClO2. The Bertz CT molecular complexity index is 791. The predicted octanol–water partition coefficient (Wildman–Crippen LogP) is 4.63. The second kappa shape index (κ2) is 5.35. The molecule has 0 unspecified atom stereocenters. The molecule has 0 aliphatic heterocycles. The monoisotopic (exact) mass is 282 g/mol. The van der Waals surface area contributed by atoms with Crippen molar-refractivity contribution in [1.82, 2.24) is 0 Å². The first kappa shape index (κ1) is 12.7. The van der Waals surface area contributed by atoms with Gasteiger partial charge < -0.3 is 4.42 Å². The molecule has 98 valence electrons. The van der Waals surface area contributed by atoms with Crippen molar-refractivity contribution in [2.45, 2.75) is 0 Å². The highest BCUT2D eigenvalue weighted by atomic mass is 35.5. The summed E-state index contributed by atoms with van der Waals surface area (Å²) in [7, 11) is 0. The van der Waals surface area contributed by atoms with E-state index in [1.165, 1.54) is 6.07 Å². The van der Waals surface area contributed by atoms with Crippen molar-refractivity contribution < 1.29 is 4.42 Å². The molecule has 0 aliphatic rings. The van der Waals surface area contributed by atoms with Gasteiger partial charge in [-0.3, -0.25) is 0 Å². The van der Waals surface area contributed by atoms with Crippen molar-refractivity contribution >= 4 is 11.6 Å². The number of halogens is 1. The van der Waals surface area contributed by atoms with Gasteiger partial charge in [0.1, 0.15) is 5.76 Å². The van der Waals surface area contributed by atoms with E-state index in [0.29, 0.717) is 10.8 Å². The van der Waals surface area contributed by atoms with Crippen LogP contribution in [0.5, 0.6) is 0 Å². The lowest BCUT2D eigenvalue weighted by molar-refractivity contribution is 0.526. The van der Waals surface area contributed by atoms with Crippen molar-refractivity contribution in [2.75, 3.05) is 0 Å². The van der Waals surface area contributed by atoms with E-state index in [1.54, 1.807) is 6.07 Å². The molecule has 0 atom stereocenters. The minimum Gasteiger partial charge on any atom is -0.423 e. The number of hydrogen-bond donors (Lipinski definition) is 0. The third-order valence-electron chi connectivity index (χ3n) is 2.99. The van der Waals surface area contributed by atoms with E-state index >= 15 is 0 Å². The van der Waals surface area contributed by atoms with E-state index < -0.39 is 0 Å². The van der Waals surface area contributed by atoms with Crippen LogP contribution in [0.4, 0.5) is 0 Å². The van der Waals surface area contributed by atoms with Crippen LogP contribution >= 0.6 is 11.6 Å². The zero-order chi connectivity index (χ0) is 13.9. The molecule has 0 N–H and O–H groups in total. The van der Waals surface area contributed by atoms with E-state index in [9.17, 15) is 4.79 Å². The molecule has 0 bridgehead atoms. The molecule has 1 aromatic heterocycles. The number of hydrogen-bond acceptors (Lipinski definition) is 2. The topological polar surface area (TPSA) is 30.2 Å². The summed E-state index contributed by atoms with van der Waals surface area (Å²) in [5.74, 6) is 0.549. The molecule has 3 heteroatoms. The standard InChI is InChI=1S/C17H11ClO2/c18-15-8-4-7-13(9-15)14-10-16(20-17(19)11-14)12-5-2-1-3-6-12/h1-11H. The van der Waals surface area contributed by atoms with Gasteiger partial charge in [-0.2, -0.15) is 0 Å². The molecule has 0 amide bonds. The minimum atomic E-state index is -0.374. The molecule has 1 heterocycles. The van der Waals surface area contributed by atoms with Crippen LogP contribution in [-0.2, 0) is 0 Å². The Morgan fingerprint density at radius 3 is 2.25 bits per heavy atom. The lowest BCUT2D eigenvalue weighted by Crippen LogP contribution is -1.98. The highest BCUT2D eigenvalue weighted by Gasteiger charge is 2.06. The maximum Gasteiger partial charge on any atom is 0.336 e. The normalized spacial score (nSPS) is 10.4. The molecule has 0 fully saturated rings. The maximum atomic E-state index is 11.7. The van der Waals surface area contributed by atoms with Crippen molar-refractivity contribution in [3.63, 3.8) is 0 Å². The first-order chi connectivity index (χ1) is 9.72. The lowest BCUT2D eigenvalue weighted by Gasteiger charge is -2.05. The zero-order valence-electron chi connectivity index (χ0n) is 10.5. The fourth-order valence-electron chi connectivity index (χ4n) is 2.06. The van der Waals surface area contributed by atoms with Crippen molar-refractivity contribution in [2.24, 2.45) is 0 Å². The summed E-state index contributed by atoms with van der Waals surface area (Å²) >= 11 is 5.99. The van der Waals surface area contributed by atoms with E-state index in [1.807, 2.05) is 54.6 Å². The Kier molecular flexibility index (Phi) is 3.40. The van der Waals surface area contributed by atoms with E-state index in [4.69, 9.17) is 16.0 Å². The summed E-state index contributed by atoms with van der Waals surface area (Å²) in [5.41, 5.74) is 2.18. The van der Waals surface area contributed by atoms with Crippen LogP contribution in [0.15, 0.2) is 75.9 Å². The smallest absolute Gasteiger partial charge is 0.336 e. The second-order valence-electron chi connectivity index (χ2n) is 4.41. The van der Waals surface area contributed by atoms with Gasteiger partial charge in [-0.1, -0.05) is 54.1 Å². The summed E-state index contributed by atoms with van der Waals surface area (Å²) < 4.78 is 5.27. The van der Waals surface area contributed by atoms with Gasteiger partial charge in [-0.15, -0.1) is 0 Å². The third kappa shape index (κ3) is 2.65. The van der Waals surface area contributed by atoms with Gasteiger partial charge in [-0.05, 0) is 29.3 Å². The molecule has 2 nitrogen and oxygen atoms in total. The Morgan fingerprint density at radius 2 is 1.50 bits per heavy atom. The third-order valence-corrected chi connectivity index (χ3v) is 3.22. The predicted molar refractivity (Wildman–Crippen MR) is 80.9 cm³/mol. The Labute approximate surface area is 121 Å². The van der Waals surface area contributed by atoms with Crippen LogP contribution < -0.4 is 5.63 Å². The Balaban J connectivity index is 2.15. The van der Waals surface area contributed by atoms with Gasteiger partial charge in [0, 0.05) is 16.7 Å². The molecule has 0 saturated carbocycles. The van der Waals surface area contributed by atoms with Crippen molar-refractivity contribution in [1.29, 1.82) is 0 Å². The summed E-state index contributed by atoms with van der Waals surface area (Å²) in [6.45, 7) is 0. The highest BCUT2D eigenvalue weighted by Crippen LogP contribution is 2.26. The summed E-state index contributed by atoms with van der Waals surface area (Å²) in [5, 5.41) is 0.636. The van der Waals surface area contributed by atoms with E-state index in [2.05, 4.69) is 0 Å². The van der Waals surface area contributed by atoms with Crippen LogP contribution in [-0.4, -0.2) is 0 Å². The summed E-state index contributed by atoms with van der Waals surface area (Å²) in [4.78, 5) is 11.7. The van der Waals surface area contributed by atoms with E-state index in [-0.39, 0.29) is 5.63 Å². The number of rotatable bonds is 2. The van der Waals surface area contributed by atoms with Crippen LogP contribution in [0.25, 0.3) is 22.5 Å². The Hall–Kier alpha value is -2.32. The highest BCUT2D eigenvalue weighted by molar-refractivity contribution is 6.30. The molecular weight excluding hydrogens is 272 g/mol. The van der Waals surface area contributed by atoms with Crippen LogP contribution in [0.1, 0.15) is 0 Å². The molecule has 0 radical (unpaired) electrons. The van der Waals surface area contributed by atoms with Crippen LogP contribution in [0, 0.1) is 0 Å². The lowest BCUT2D eigenvalue weighted by atomic mass is 10.0. The molecule has 3 rings (SSSR count). The molecule has 2 aromatic carbocycles. The first-order valence-electron chi connectivity index (χ1n) is 6.19. The van der Waals surface area contributed by atoms with Gasteiger partial charge in [-0.25, -0.2) is 4.79 Å². The minimum absolute atomic E-state index is 0.374. The molecule has 0 spiro atoms. The molecule has 3 aromatic rings. The summed E-state index contributed by atoms with van der Waals surface area (Å²) in [6.07, 6.45) is 0. The fraction of sp³-hybridized carbons (Fsp3) is 0. The zero-order valence-corrected chi connectivity index (χ0v) is 11.3. The maximum absolute atomic E-state index is 11.7. The molecule has 0 aliphatic carbocycles. The van der Waals surface area contributed by atoms with Crippen molar-refractivity contribution in [3.8, 4) is 22.5 Å². The second-order valence-corrected chi connectivity index (χ2v) is 4.84. The average Bonchev–Trinajstić information content (AvgIpc) is 2.47. The van der Waals surface area contributed by atoms with Gasteiger partial charge in [0.25, 0.3) is 0 Å². The van der Waals surface area contributed by atoms with E-state index in [0.717, 1.165) is 16.7 Å². The van der Waals surface area contributed by atoms with Crippen LogP contribution in [0.3, 0.4) is 0 Å². The summed E-state index contributed by atoms with van der Waals surface area (Å²) in [6, 6.07) is 20.2. The number of benzene rings is 2. The van der Waals surface area contributed by atoms with Gasteiger partial charge in [0.15, 0.2) is 0 Å². The molecule has 20 heavy (non-hydrogen) atoms. The fourth-order valence-corrected chi connectivity index (χ4v) is 2.25. The average molecular weight is 283 g/mol. The van der Waals surface area contributed by atoms with Gasteiger partial charge >= 0.3 is 5.63 Å². The Morgan fingerprint density at radius 1 is 0.750 bits per heavy atom. The quantitative estimate of drug-likeness (QED) is 0.686.